The van der Waals surface area contributed by atoms with Gasteiger partial charge in [0.25, 0.3) is 0 Å². The Bertz CT molecular complexity index is 503. The van der Waals surface area contributed by atoms with Gasteiger partial charge in [0.05, 0.1) is 5.52 Å². The predicted molar refractivity (Wildman–Crippen MR) is 69.9 cm³/mol. The van der Waals surface area contributed by atoms with Crippen molar-refractivity contribution in [3.63, 3.8) is 0 Å². The molecule has 2 aromatic rings. The summed E-state index contributed by atoms with van der Waals surface area (Å²) in [5.41, 5.74) is 8.81. The van der Waals surface area contributed by atoms with Crippen LogP contribution in [0.3, 0.4) is 0 Å². The highest BCUT2D eigenvalue weighted by Crippen LogP contribution is 2.29. The average molecular weight is 232 g/mol. The van der Waals surface area contributed by atoms with E-state index in [0.29, 0.717) is 6.54 Å². The number of nitrogens with two attached hydrogens (primary N) is 1. The van der Waals surface area contributed by atoms with Crippen molar-refractivity contribution in [2.75, 3.05) is 6.54 Å². The van der Waals surface area contributed by atoms with Gasteiger partial charge in [-0.1, -0.05) is 13.8 Å². The molecular weight excluding hydrogens is 212 g/mol. The Balaban J connectivity index is 2.55. The van der Waals surface area contributed by atoms with Crippen molar-refractivity contribution in [2.45, 2.75) is 39.0 Å². The summed E-state index contributed by atoms with van der Waals surface area (Å²) in [5.74, 6) is 0.970. The monoisotopic (exact) mass is 232 g/mol. The molecule has 0 aliphatic rings. The Morgan fingerprint density at radius 2 is 2.06 bits per heavy atom. The Kier molecular flexibility index (Phi) is 3.15. The van der Waals surface area contributed by atoms with Crippen LogP contribution >= 0.6 is 0 Å². The first-order valence-corrected chi connectivity index (χ1v) is 6.18. The normalized spacial score (nSPS) is 12.2. The van der Waals surface area contributed by atoms with E-state index in [1.54, 1.807) is 0 Å². The number of fused-ring (bicyclic) bond motifs is 1. The lowest BCUT2D eigenvalue weighted by atomic mass is 9.82. The highest BCUT2D eigenvalue weighted by atomic mass is 15.0. The first-order valence-electron chi connectivity index (χ1n) is 6.18. The van der Waals surface area contributed by atoms with Gasteiger partial charge < -0.3 is 10.7 Å². The minimum atomic E-state index is -0.0470. The standard InChI is InChI=1S/C13H20N4/c1-4-13(5-2,8-14)12-16-10-6-9(3)7-15-11(10)17-12/h6-7H,4-5,8,14H2,1-3H3,(H,15,16,17). The third kappa shape index (κ3) is 1.93. The van der Waals surface area contributed by atoms with Gasteiger partial charge in [0.1, 0.15) is 5.82 Å². The highest BCUT2D eigenvalue weighted by Gasteiger charge is 2.30. The molecule has 0 amide bonds. The number of aromatic nitrogens is 3. The number of hydrogen-bond acceptors (Lipinski definition) is 3. The van der Waals surface area contributed by atoms with E-state index in [9.17, 15) is 0 Å². The van der Waals surface area contributed by atoms with Crippen LogP contribution in [0.4, 0.5) is 0 Å². The first kappa shape index (κ1) is 12.0. The summed E-state index contributed by atoms with van der Waals surface area (Å²) in [6, 6.07) is 2.07. The number of H-pyrrole nitrogens is 1. The molecule has 0 aliphatic heterocycles. The van der Waals surface area contributed by atoms with Crippen molar-refractivity contribution in [3.05, 3.63) is 23.7 Å². The number of imidazole rings is 1. The quantitative estimate of drug-likeness (QED) is 0.849. The second-order valence-electron chi connectivity index (χ2n) is 4.66. The number of nitrogens with zero attached hydrogens (tertiary/aromatic N) is 2. The number of nitrogens with one attached hydrogen (secondary N) is 1. The van der Waals surface area contributed by atoms with E-state index in [1.165, 1.54) is 0 Å². The maximum atomic E-state index is 5.93. The van der Waals surface area contributed by atoms with Crippen LogP contribution in [0.1, 0.15) is 38.1 Å². The highest BCUT2D eigenvalue weighted by molar-refractivity contribution is 5.71. The fourth-order valence-electron chi connectivity index (χ4n) is 2.23. The van der Waals surface area contributed by atoms with Crippen LogP contribution in [0.15, 0.2) is 12.3 Å². The van der Waals surface area contributed by atoms with Crippen molar-refractivity contribution in [1.29, 1.82) is 0 Å². The van der Waals surface area contributed by atoms with Gasteiger partial charge in [-0.25, -0.2) is 9.97 Å². The number of aryl methyl sites for hydroxylation is 1. The third-order valence-electron chi connectivity index (χ3n) is 3.72. The molecule has 17 heavy (non-hydrogen) atoms. The third-order valence-corrected chi connectivity index (χ3v) is 3.72. The van der Waals surface area contributed by atoms with E-state index in [4.69, 9.17) is 5.73 Å². The van der Waals surface area contributed by atoms with Crippen molar-refractivity contribution < 1.29 is 0 Å². The van der Waals surface area contributed by atoms with Gasteiger partial charge in [-0.2, -0.15) is 0 Å². The lowest BCUT2D eigenvalue weighted by Gasteiger charge is -2.27. The van der Waals surface area contributed by atoms with Gasteiger partial charge in [0, 0.05) is 18.2 Å². The zero-order chi connectivity index (χ0) is 12.5. The summed E-state index contributed by atoms with van der Waals surface area (Å²) in [5, 5.41) is 0. The first-order chi connectivity index (χ1) is 8.15. The summed E-state index contributed by atoms with van der Waals surface area (Å²) >= 11 is 0. The molecule has 2 aromatic heterocycles. The molecule has 0 fully saturated rings. The van der Waals surface area contributed by atoms with E-state index in [1.807, 2.05) is 13.1 Å². The fourth-order valence-corrected chi connectivity index (χ4v) is 2.23. The molecule has 0 bridgehead atoms. The molecule has 4 heteroatoms. The van der Waals surface area contributed by atoms with Gasteiger partial charge in [0.2, 0.25) is 0 Å². The molecule has 0 saturated heterocycles. The molecule has 0 aliphatic carbocycles. The maximum Gasteiger partial charge on any atom is 0.177 e. The van der Waals surface area contributed by atoms with Crippen LogP contribution in [0, 0.1) is 6.92 Å². The zero-order valence-corrected chi connectivity index (χ0v) is 10.7. The molecular formula is C13H20N4. The van der Waals surface area contributed by atoms with Crippen LogP contribution < -0.4 is 5.73 Å². The Hall–Kier alpha value is -1.42. The number of pyridine rings is 1. The van der Waals surface area contributed by atoms with Gasteiger partial charge in [-0.15, -0.1) is 0 Å². The van der Waals surface area contributed by atoms with Crippen molar-refractivity contribution in [3.8, 4) is 0 Å². The van der Waals surface area contributed by atoms with Gasteiger partial charge in [-0.05, 0) is 31.4 Å². The summed E-state index contributed by atoms with van der Waals surface area (Å²) in [4.78, 5) is 12.3. The number of rotatable bonds is 4. The van der Waals surface area contributed by atoms with Crippen molar-refractivity contribution >= 4 is 11.2 Å². The second kappa shape index (κ2) is 4.45. The van der Waals surface area contributed by atoms with Crippen LogP contribution in [0.2, 0.25) is 0 Å². The van der Waals surface area contributed by atoms with E-state index in [-0.39, 0.29) is 5.41 Å². The van der Waals surface area contributed by atoms with Gasteiger partial charge in [-0.3, -0.25) is 0 Å². The molecule has 2 heterocycles. The number of hydrogen-bond donors (Lipinski definition) is 2. The van der Waals surface area contributed by atoms with Gasteiger partial charge in [0.15, 0.2) is 5.65 Å². The van der Waals surface area contributed by atoms with E-state index < -0.39 is 0 Å². The zero-order valence-electron chi connectivity index (χ0n) is 10.7. The van der Waals surface area contributed by atoms with Gasteiger partial charge >= 0.3 is 0 Å². The summed E-state index contributed by atoms with van der Waals surface area (Å²) in [7, 11) is 0. The van der Waals surface area contributed by atoms with Crippen LogP contribution in [-0.4, -0.2) is 21.5 Å². The molecule has 4 nitrogen and oxygen atoms in total. The van der Waals surface area contributed by atoms with E-state index in [2.05, 4.69) is 34.9 Å². The van der Waals surface area contributed by atoms with Crippen molar-refractivity contribution in [1.82, 2.24) is 15.0 Å². The second-order valence-corrected chi connectivity index (χ2v) is 4.66. The number of aromatic amines is 1. The fraction of sp³-hybridized carbons (Fsp3) is 0.538. The maximum absolute atomic E-state index is 5.93. The van der Waals surface area contributed by atoms with E-state index >= 15 is 0 Å². The summed E-state index contributed by atoms with van der Waals surface area (Å²) in [6.07, 6.45) is 3.81. The molecule has 0 atom stereocenters. The molecule has 0 saturated carbocycles. The predicted octanol–water partition coefficient (Wildman–Crippen LogP) is 2.28. The molecule has 0 aromatic carbocycles. The Morgan fingerprint density at radius 1 is 1.35 bits per heavy atom. The SMILES string of the molecule is CCC(CC)(CN)c1nc2ncc(C)cc2[nH]1. The molecule has 3 N–H and O–H groups in total. The van der Waals surface area contributed by atoms with Crippen molar-refractivity contribution in [2.24, 2.45) is 5.73 Å². The van der Waals surface area contributed by atoms with Crippen LogP contribution in [-0.2, 0) is 5.41 Å². The largest absolute Gasteiger partial charge is 0.340 e. The summed E-state index contributed by atoms with van der Waals surface area (Å²) < 4.78 is 0. The van der Waals surface area contributed by atoms with E-state index in [0.717, 1.165) is 35.4 Å². The molecule has 0 unspecified atom stereocenters. The Labute approximate surface area is 102 Å². The lowest BCUT2D eigenvalue weighted by Crippen LogP contribution is -2.35. The molecule has 2 rings (SSSR count). The minimum absolute atomic E-state index is 0.0470. The molecule has 0 radical (unpaired) electrons. The van der Waals surface area contributed by atoms with Crippen LogP contribution in [0.25, 0.3) is 11.2 Å². The summed E-state index contributed by atoms with van der Waals surface area (Å²) in [6.45, 7) is 6.95. The lowest BCUT2D eigenvalue weighted by molar-refractivity contribution is 0.387. The minimum Gasteiger partial charge on any atom is -0.340 e. The smallest absolute Gasteiger partial charge is 0.177 e. The van der Waals surface area contributed by atoms with Crippen LogP contribution in [0.5, 0.6) is 0 Å². The Morgan fingerprint density at radius 3 is 2.65 bits per heavy atom. The average Bonchev–Trinajstić information content (AvgIpc) is 2.75. The molecule has 0 spiro atoms. The molecule has 92 valence electrons. The topological polar surface area (TPSA) is 67.6 Å².